The summed E-state index contributed by atoms with van der Waals surface area (Å²) in [5.41, 5.74) is 5.68. The van der Waals surface area contributed by atoms with Crippen LogP contribution in [0, 0.1) is 12.8 Å². The molecule has 0 unspecified atom stereocenters. The highest BCUT2D eigenvalue weighted by Gasteiger charge is 2.18. The highest BCUT2D eigenvalue weighted by molar-refractivity contribution is 7.99. The number of hydrogen-bond donors (Lipinski definition) is 1. The molecule has 1 aliphatic rings. The van der Waals surface area contributed by atoms with Gasteiger partial charge in [-0.2, -0.15) is 0 Å². The summed E-state index contributed by atoms with van der Waals surface area (Å²) in [7, 11) is 0. The van der Waals surface area contributed by atoms with E-state index in [1.165, 1.54) is 90.9 Å². The molecule has 140 valence electrons. The zero-order valence-electron chi connectivity index (χ0n) is 16.8. The van der Waals surface area contributed by atoms with Gasteiger partial charge in [-0.05, 0) is 68.4 Å². The first-order chi connectivity index (χ1) is 12.2. The van der Waals surface area contributed by atoms with Gasteiger partial charge in [-0.15, -0.1) is 11.8 Å². The molecule has 2 heteroatoms. The maximum absolute atomic E-state index is 3.81. The molecule has 0 aromatic heterocycles. The molecule has 0 atom stereocenters. The lowest BCUT2D eigenvalue weighted by Crippen LogP contribution is -2.15. The fraction of sp³-hybridized carbons (Fsp3) is 0.652. The summed E-state index contributed by atoms with van der Waals surface area (Å²) in [5, 5.41) is 3.81. The Hall–Kier alpha value is -0.890. The molecule has 0 radical (unpaired) electrons. The SMILES string of the molecule is C/C=C(\Nc1cc(SCCCC)c(CCC)cc1C)C1CCCCC1. The van der Waals surface area contributed by atoms with Crippen LogP contribution in [0.1, 0.15) is 83.3 Å². The zero-order valence-corrected chi connectivity index (χ0v) is 17.6. The third kappa shape index (κ3) is 6.09. The van der Waals surface area contributed by atoms with E-state index in [0.717, 1.165) is 5.92 Å². The predicted octanol–water partition coefficient (Wildman–Crippen LogP) is 7.74. The molecule has 1 nitrogen and oxygen atoms in total. The second-order valence-corrected chi connectivity index (χ2v) is 8.57. The van der Waals surface area contributed by atoms with Crippen LogP contribution in [0.25, 0.3) is 0 Å². The number of allylic oxidation sites excluding steroid dienone is 2. The van der Waals surface area contributed by atoms with Gasteiger partial charge in [-0.25, -0.2) is 0 Å². The molecule has 0 saturated heterocycles. The summed E-state index contributed by atoms with van der Waals surface area (Å²) in [6, 6.07) is 4.85. The third-order valence-electron chi connectivity index (χ3n) is 5.32. The molecule has 25 heavy (non-hydrogen) atoms. The molecule has 1 N–H and O–H groups in total. The molecular weight excluding hydrogens is 322 g/mol. The minimum absolute atomic E-state index is 0.727. The van der Waals surface area contributed by atoms with Crippen LogP contribution in [0.4, 0.5) is 5.69 Å². The maximum Gasteiger partial charge on any atom is 0.0422 e. The van der Waals surface area contributed by atoms with Crippen molar-refractivity contribution in [1.29, 1.82) is 0 Å². The molecule has 1 aliphatic carbocycles. The van der Waals surface area contributed by atoms with Crippen molar-refractivity contribution in [1.82, 2.24) is 0 Å². The lowest BCUT2D eigenvalue weighted by molar-refractivity contribution is 0.404. The summed E-state index contributed by atoms with van der Waals surface area (Å²) < 4.78 is 0. The Bertz CT molecular complexity index is 555. The van der Waals surface area contributed by atoms with Gasteiger partial charge in [0.1, 0.15) is 0 Å². The van der Waals surface area contributed by atoms with Gasteiger partial charge in [0.25, 0.3) is 0 Å². The van der Waals surface area contributed by atoms with Gasteiger partial charge < -0.3 is 5.32 Å². The van der Waals surface area contributed by atoms with E-state index in [-0.39, 0.29) is 0 Å². The van der Waals surface area contributed by atoms with Crippen LogP contribution in [0.5, 0.6) is 0 Å². The van der Waals surface area contributed by atoms with E-state index in [2.05, 4.69) is 51.2 Å². The molecule has 0 bridgehead atoms. The number of benzene rings is 1. The highest BCUT2D eigenvalue weighted by Crippen LogP contribution is 2.34. The summed E-state index contributed by atoms with van der Waals surface area (Å²) >= 11 is 2.05. The van der Waals surface area contributed by atoms with E-state index in [4.69, 9.17) is 0 Å². The van der Waals surface area contributed by atoms with E-state index in [1.807, 2.05) is 11.8 Å². The standard InChI is InChI=1S/C23H37NS/c1-5-8-15-25-23-17-22(18(4)16-20(23)12-6-2)24-21(7-3)19-13-10-9-11-14-19/h7,16-17,19,24H,5-6,8-15H2,1-4H3/b21-7-. The topological polar surface area (TPSA) is 12.0 Å². The summed E-state index contributed by atoms with van der Waals surface area (Å²) in [4.78, 5) is 1.49. The van der Waals surface area contributed by atoms with Crippen LogP contribution >= 0.6 is 11.8 Å². The van der Waals surface area contributed by atoms with Crippen molar-refractivity contribution >= 4 is 17.4 Å². The fourth-order valence-corrected chi connectivity index (χ4v) is 4.99. The van der Waals surface area contributed by atoms with Crippen LogP contribution < -0.4 is 5.32 Å². The van der Waals surface area contributed by atoms with Crippen LogP contribution in [-0.4, -0.2) is 5.75 Å². The van der Waals surface area contributed by atoms with Gasteiger partial charge in [0.05, 0.1) is 0 Å². The summed E-state index contributed by atoms with van der Waals surface area (Å²) in [6.07, 6.45) is 14.2. The van der Waals surface area contributed by atoms with E-state index >= 15 is 0 Å². The number of anilines is 1. The van der Waals surface area contributed by atoms with Gasteiger partial charge in [-0.1, -0.05) is 58.1 Å². The normalized spacial score (nSPS) is 16.2. The number of hydrogen-bond acceptors (Lipinski definition) is 2. The maximum atomic E-state index is 3.81. The average molecular weight is 360 g/mol. The van der Waals surface area contributed by atoms with Gasteiger partial charge in [-0.3, -0.25) is 0 Å². The van der Waals surface area contributed by atoms with Crippen LogP contribution in [0.2, 0.25) is 0 Å². The van der Waals surface area contributed by atoms with Crippen molar-refractivity contribution in [3.05, 3.63) is 35.0 Å². The lowest BCUT2D eigenvalue weighted by Gasteiger charge is -2.26. The van der Waals surface area contributed by atoms with Gasteiger partial charge in [0.2, 0.25) is 0 Å². The monoisotopic (exact) mass is 359 g/mol. The van der Waals surface area contributed by atoms with Crippen molar-refractivity contribution in [3.8, 4) is 0 Å². The molecule has 0 spiro atoms. The summed E-state index contributed by atoms with van der Waals surface area (Å²) in [5.74, 6) is 1.96. The fourth-order valence-electron chi connectivity index (χ4n) is 3.79. The highest BCUT2D eigenvalue weighted by atomic mass is 32.2. The number of nitrogens with one attached hydrogen (secondary N) is 1. The lowest BCUT2D eigenvalue weighted by atomic mass is 9.86. The van der Waals surface area contributed by atoms with Gasteiger partial charge in [0.15, 0.2) is 0 Å². The van der Waals surface area contributed by atoms with Crippen molar-refractivity contribution in [2.75, 3.05) is 11.1 Å². The smallest absolute Gasteiger partial charge is 0.0422 e. The molecule has 1 aromatic rings. The predicted molar refractivity (Wildman–Crippen MR) is 115 cm³/mol. The Morgan fingerprint density at radius 1 is 1.16 bits per heavy atom. The first-order valence-electron chi connectivity index (χ1n) is 10.4. The van der Waals surface area contributed by atoms with Crippen molar-refractivity contribution in [3.63, 3.8) is 0 Å². The average Bonchev–Trinajstić information content (AvgIpc) is 2.63. The Morgan fingerprint density at radius 3 is 2.56 bits per heavy atom. The van der Waals surface area contributed by atoms with Gasteiger partial charge in [0, 0.05) is 16.3 Å². The minimum Gasteiger partial charge on any atom is -0.359 e. The number of rotatable bonds is 9. The molecule has 2 rings (SSSR count). The van der Waals surface area contributed by atoms with E-state index in [9.17, 15) is 0 Å². The Morgan fingerprint density at radius 2 is 1.92 bits per heavy atom. The second-order valence-electron chi connectivity index (χ2n) is 7.43. The number of unbranched alkanes of at least 4 members (excludes halogenated alkanes) is 1. The number of thioether (sulfide) groups is 1. The van der Waals surface area contributed by atoms with Crippen LogP contribution in [0.3, 0.4) is 0 Å². The van der Waals surface area contributed by atoms with E-state index < -0.39 is 0 Å². The largest absolute Gasteiger partial charge is 0.359 e. The van der Waals surface area contributed by atoms with Crippen molar-refractivity contribution in [2.24, 2.45) is 5.92 Å². The van der Waals surface area contributed by atoms with E-state index in [1.54, 1.807) is 0 Å². The van der Waals surface area contributed by atoms with Crippen LogP contribution in [-0.2, 0) is 6.42 Å². The molecule has 1 aromatic carbocycles. The molecule has 0 amide bonds. The molecule has 0 heterocycles. The molecule has 1 fully saturated rings. The van der Waals surface area contributed by atoms with Crippen molar-refractivity contribution < 1.29 is 0 Å². The van der Waals surface area contributed by atoms with E-state index in [0.29, 0.717) is 0 Å². The zero-order chi connectivity index (χ0) is 18.1. The molecule has 1 saturated carbocycles. The second kappa shape index (κ2) is 11.0. The first kappa shape index (κ1) is 20.4. The Kier molecular flexibility index (Phi) is 8.95. The summed E-state index contributed by atoms with van der Waals surface area (Å²) in [6.45, 7) is 9.01. The quantitative estimate of drug-likeness (QED) is 0.357. The third-order valence-corrected chi connectivity index (χ3v) is 6.50. The Labute approximate surface area is 160 Å². The molecular formula is C23H37NS. The number of aryl methyl sites for hydroxylation is 2. The molecule has 0 aliphatic heterocycles. The Balaban J connectivity index is 2.18. The van der Waals surface area contributed by atoms with Crippen molar-refractivity contribution in [2.45, 2.75) is 90.4 Å². The van der Waals surface area contributed by atoms with Gasteiger partial charge >= 0.3 is 0 Å². The first-order valence-corrected chi connectivity index (χ1v) is 11.4. The minimum atomic E-state index is 0.727. The van der Waals surface area contributed by atoms with Crippen LogP contribution in [0.15, 0.2) is 28.8 Å².